The Morgan fingerprint density at radius 1 is 0.473 bits per heavy atom. The van der Waals surface area contributed by atoms with E-state index in [-0.39, 0.29) is 0 Å². The van der Waals surface area contributed by atoms with Crippen LogP contribution in [0.1, 0.15) is 11.3 Å². The third kappa shape index (κ3) is 4.87. The van der Waals surface area contributed by atoms with E-state index >= 15 is 0 Å². The molecule has 6 aromatic carbocycles. The molecule has 0 unspecified atom stereocenters. The van der Waals surface area contributed by atoms with Gasteiger partial charge in [0.2, 0.25) is 0 Å². The highest BCUT2D eigenvalue weighted by molar-refractivity contribution is 7.25. The molecule has 7 heteroatoms. The van der Waals surface area contributed by atoms with Crippen molar-refractivity contribution in [1.29, 1.82) is 0 Å². The molecule has 0 aliphatic heterocycles. The van der Waals surface area contributed by atoms with E-state index in [4.69, 9.17) is 24.4 Å². The van der Waals surface area contributed by atoms with Crippen LogP contribution in [0, 0.1) is 0 Å². The number of aryl methyl sites for hydroxylation is 2. The van der Waals surface area contributed by atoms with E-state index < -0.39 is 0 Å². The minimum atomic E-state index is 0.648. The van der Waals surface area contributed by atoms with Gasteiger partial charge in [0.05, 0.1) is 17.6 Å². The molecule has 0 saturated heterocycles. The minimum absolute atomic E-state index is 0.648. The van der Waals surface area contributed by atoms with Gasteiger partial charge >= 0.3 is 0 Å². The third-order valence-corrected chi connectivity index (χ3v) is 12.1. The van der Waals surface area contributed by atoms with Gasteiger partial charge in [-0.2, -0.15) is 0 Å². The fraction of sp³-hybridized carbons (Fsp3) is 0.0417. The second-order valence-corrected chi connectivity index (χ2v) is 15.3. The number of aromatic nitrogens is 5. The van der Waals surface area contributed by atoms with Crippen LogP contribution in [0.3, 0.4) is 0 Å². The normalized spacial score (nSPS) is 12.6. The Kier molecular flexibility index (Phi) is 6.53. The second kappa shape index (κ2) is 11.8. The molecule has 5 heterocycles. The van der Waals surface area contributed by atoms with Gasteiger partial charge in [0.25, 0.3) is 0 Å². The number of fused-ring (bicyclic) bond motifs is 11. The van der Waals surface area contributed by atoms with Crippen LogP contribution in [0.25, 0.3) is 104 Å². The molecule has 0 radical (unpaired) electrons. The Hall–Kier alpha value is -6.96. The van der Waals surface area contributed by atoms with Gasteiger partial charge in [0.1, 0.15) is 11.2 Å². The van der Waals surface area contributed by atoms with Crippen LogP contribution in [0.5, 0.6) is 0 Å². The molecule has 1 aliphatic rings. The Morgan fingerprint density at radius 3 is 2.00 bits per heavy atom. The zero-order chi connectivity index (χ0) is 36.0. The number of pyridine rings is 1. The van der Waals surface area contributed by atoms with E-state index in [9.17, 15) is 0 Å². The first-order valence-corrected chi connectivity index (χ1v) is 19.3. The molecule has 0 spiro atoms. The van der Waals surface area contributed by atoms with Crippen LogP contribution in [0.2, 0.25) is 0 Å². The lowest BCUT2D eigenvalue weighted by Gasteiger charge is -2.18. The summed E-state index contributed by atoms with van der Waals surface area (Å²) in [4.78, 5) is 20.2. The van der Waals surface area contributed by atoms with Gasteiger partial charge < -0.3 is 4.42 Å². The number of para-hydroxylation sites is 1. The van der Waals surface area contributed by atoms with Crippen molar-refractivity contribution in [3.05, 3.63) is 163 Å². The van der Waals surface area contributed by atoms with Gasteiger partial charge in [-0.3, -0.25) is 4.40 Å². The number of nitrogens with zero attached hydrogens (tertiary/aromatic N) is 5. The number of benzene rings is 6. The van der Waals surface area contributed by atoms with Gasteiger partial charge in [-0.15, -0.1) is 11.3 Å². The summed E-state index contributed by atoms with van der Waals surface area (Å²) in [5.74, 6) is 1.96. The molecule has 0 bridgehead atoms. The van der Waals surface area contributed by atoms with E-state index in [0.29, 0.717) is 17.5 Å². The van der Waals surface area contributed by atoms with Crippen molar-refractivity contribution in [2.24, 2.45) is 0 Å². The summed E-state index contributed by atoms with van der Waals surface area (Å²) in [6, 6.07) is 51.0. The maximum atomic E-state index is 6.25. The first-order chi connectivity index (χ1) is 27.2. The zero-order valence-electron chi connectivity index (χ0n) is 29.4. The largest absolute Gasteiger partial charge is 0.455 e. The number of hydrogen-bond acceptors (Lipinski definition) is 6. The number of furan rings is 1. The van der Waals surface area contributed by atoms with Crippen molar-refractivity contribution in [3.63, 3.8) is 0 Å². The number of imidazole rings is 1. The first-order valence-electron chi connectivity index (χ1n) is 18.5. The molecule has 1 aliphatic carbocycles. The molecular weight excluding hydrogens is 695 g/mol. The van der Waals surface area contributed by atoms with Gasteiger partial charge in [-0.25, -0.2) is 19.9 Å². The maximum Gasteiger partial charge on any atom is 0.164 e. The average Bonchev–Trinajstić information content (AvgIpc) is 3.93. The molecule has 0 N–H and O–H groups in total. The van der Waals surface area contributed by atoms with Gasteiger partial charge in [0, 0.05) is 53.2 Å². The van der Waals surface area contributed by atoms with Crippen molar-refractivity contribution in [1.82, 2.24) is 24.3 Å². The monoisotopic (exact) mass is 723 g/mol. The molecule has 258 valence electrons. The summed E-state index contributed by atoms with van der Waals surface area (Å²) in [5.41, 5.74) is 12.8. The predicted molar refractivity (Wildman–Crippen MR) is 223 cm³/mol. The Bertz CT molecular complexity index is 3320. The quantitative estimate of drug-likeness (QED) is 0.181. The molecule has 55 heavy (non-hydrogen) atoms. The third-order valence-electron chi connectivity index (χ3n) is 11.0. The fourth-order valence-corrected chi connectivity index (χ4v) is 9.34. The summed E-state index contributed by atoms with van der Waals surface area (Å²) < 4.78 is 11.0. The Morgan fingerprint density at radius 2 is 1.15 bits per heavy atom. The number of hydrogen-bond donors (Lipinski definition) is 0. The van der Waals surface area contributed by atoms with Crippen LogP contribution < -0.4 is 0 Å². The van der Waals surface area contributed by atoms with Crippen molar-refractivity contribution < 1.29 is 4.42 Å². The molecule has 0 atom stereocenters. The molecule has 6 nitrogen and oxygen atoms in total. The molecule has 12 rings (SSSR count). The highest BCUT2D eigenvalue weighted by Crippen LogP contribution is 2.40. The smallest absolute Gasteiger partial charge is 0.164 e. The molecule has 0 amide bonds. The lowest BCUT2D eigenvalue weighted by atomic mass is 9.89. The molecular formula is C48H29N5OS. The van der Waals surface area contributed by atoms with E-state index in [0.717, 1.165) is 74.1 Å². The van der Waals surface area contributed by atoms with Crippen LogP contribution >= 0.6 is 11.3 Å². The standard InChI is InChI=1S/C48H29N5OS/c1-2-8-29(9-3-1)46-50-47(52-48(51-46)33-20-23-43-38(25-33)36-11-5-7-13-42(36)55-43)30-16-14-28(15-17-30)31-18-21-34-32(24-31)19-22-39-45(34)53-27-41-37(26-44(53)49-39)35-10-4-6-12-40(35)54-41/h1-18,20-21,23-27H,19,22H2. The Balaban J connectivity index is 0.912. The lowest BCUT2D eigenvalue weighted by molar-refractivity contribution is 0.666. The van der Waals surface area contributed by atoms with Gasteiger partial charge in [0.15, 0.2) is 23.1 Å². The van der Waals surface area contributed by atoms with E-state index in [1.807, 2.05) is 53.8 Å². The molecule has 0 saturated carbocycles. The Labute approximate surface area is 319 Å². The maximum absolute atomic E-state index is 6.25. The van der Waals surface area contributed by atoms with Crippen LogP contribution in [-0.4, -0.2) is 24.3 Å². The van der Waals surface area contributed by atoms with Gasteiger partial charge in [-0.05, 0) is 65.9 Å². The highest BCUT2D eigenvalue weighted by Gasteiger charge is 2.24. The highest BCUT2D eigenvalue weighted by atomic mass is 32.1. The molecule has 11 aromatic rings. The van der Waals surface area contributed by atoms with Crippen LogP contribution in [0.4, 0.5) is 0 Å². The summed E-state index contributed by atoms with van der Waals surface area (Å²) in [6.45, 7) is 0. The fourth-order valence-electron chi connectivity index (χ4n) is 8.26. The lowest BCUT2D eigenvalue weighted by Crippen LogP contribution is -2.05. The number of rotatable bonds is 4. The van der Waals surface area contributed by atoms with E-state index in [1.165, 1.54) is 36.9 Å². The summed E-state index contributed by atoms with van der Waals surface area (Å²) in [5, 5.41) is 4.69. The second-order valence-electron chi connectivity index (χ2n) is 14.2. The van der Waals surface area contributed by atoms with E-state index in [1.54, 1.807) is 0 Å². The van der Waals surface area contributed by atoms with Crippen molar-refractivity contribution in [3.8, 4) is 56.5 Å². The SMILES string of the molecule is c1ccc(-c2nc(-c3ccc(-c4ccc5c(c4)CCc4nc6cc7c(cn6c4-5)oc4ccccc47)cc3)nc(-c3ccc4sc5ccccc5c4c3)n2)cc1. The molecule has 0 fully saturated rings. The van der Waals surface area contributed by atoms with Crippen LogP contribution in [0.15, 0.2) is 156 Å². The zero-order valence-corrected chi connectivity index (χ0v) is 30.2. The van der Waals surface area contributed by atoms with Gasteiger partial charge in [-0.1, -0.05) is 109 Å². The van der Waals surface area contributed by atoms with Crippen molar-refractivity contribution in [2.75, 3.05) is 0 Å². The summed E-state index contributed by atoms with van der Waals surface area (Å²) in [7, 11) is 0. The number of thiophene rings is 1. The van der Waals surface area contributed by atoms with Crippen molar-refractivity contribution >= 4 is 59.1 Å². The molecule has 5 aromatic heterocycles. The van der Waals surface area contributed by atoms with E-state index in [2.05, 4.69) is 114 Å². The van der Waals surface area contributed by atoms with Crippen molar-refractivity contribution in [2.45, 2.75) is 12.8 Å². The minimum Gasteiger partial charge on any atom is -0.455 e. The van der Waals surface area contributed by atoms with Crippen LogP contribution in [-0.2, 0) is 12.8 Å². The topological polar surface area (TPSA) is 69.1 Å². The first kappa shape index (κ1) is 30.5. The summed E-state index contributed by atoms with van der Waals surface area (Å²) >= 11 is 1.81. The average molecular weight is 724 g/mol. The summed E-state index contributed by atoms with van der Waals surface area (Å²) in [6.07, 6.45) is 3.95. The predicted octanol–water partition coefficient (Wildman–Crippen LogP) is 12.2.